The van der Waals surface area contributed by atoms with Crippen molar-refractivity contribution < 1.29 is 4.84 Å². The molecule has 0 bridgehead atoms. The molecule has 0 saturated carbocycles. The van der Waals surface area contributed by atoms with E-state index in [1.54, 1.807) is 24.4 Å². The lowest BCUT2D eigenvalue weighted by atomic mass is 10.3. The number of rotatable bonds is 3. The fraction of sp³-hybridized carbons (Fsp3) is 0.375. The molecule has 0 spiro atoms. The molecule has 1 rings (SSSR count). The molecule has 5 nitrogen and oxygen atoms in total. The van der Waals surface area contributed by atoms with Crippen LogP contribution in [0.5, 0.6) is 0 Å². The zero-order valence-corrected chi connectivity index (χ0v) is 7.82. The van der Waals surface area contributed by atoms with Gasteiger partial charge in [-0.25, -0.2) is 10.0 Å². The third kappa shape index (κ3) is 1.81. The second-order valence-electron chi connectivity index (χ2n) is 2.51. The summed E-state index contributed by atoms with van der Waals surface area (Å²) in [5, 5.41) is 1.58. The predicted molar refractivity (Wildman–Crippen MR) is 53.1 cm³/mol. The topological polar surface area (TPSA) is 77.4 Å². The maximum Gasteiger partial charge on any atom is 0.177 e. The fourth-order valence-corrected chi connectivity index (χ4v) is 1.04. The fourth-order valence-electron chi connectivity index (χ4n) is 1.04. The molecule has 0 fully saturated rings. The van der Waals surface area contributed by atoms with E-state index in [0.29, 0.717) is 23.7 Å². The van der Waals surface area contributed by atoms with E-state index in [2.05, 4.69) is 4.98 Å². The van der Waals surface area contributed by atoms with Crippen molar-refractivity contribution in [2.75, 3.05) is 30.2 Å². The summed E-state index contributed by atoms with van der Waals surface area (Å²) < 4.78 is 0. The average Bonchev–Trinajstić information content (AvgIpc) is 2.14. The van der Waals surface area contributed by atoms with E-state index in [1.165, 1.54) is 0 Å². The Morgan fingerprint density at radius 3 is 2.77 bits per heavy atom. The number of hydrogen-bond acceptors (Lipinski definition) is 5. The summed E-state index contributed by atoms with van der Waals surface area (Å²) in [5.74, 6) is 0.560. The highest BCUT2D eigenvalue weighted by atomic mass is 16.7. The summed E-state index contributed by atoms with van der Waals surface area (Å²) in [7, 11) is 1.56. The molecule has 0 aliphatic heterocycles. The smallest absolute Gasteiger partial charge is 0.177 e. The van der Waals surface area contributed by atoms with E-state index in [4.69, 9.17) is 16.3 Å². The number of nitrogens with zero attached hydrogens (tertiary/aromatic N) is 2. The molecule has 0 radical (unpaired) electrons. The van der Waals surface area contributed by atoms with Gasteiger partial charge in [0.15, 0.2) is 5.82 Å². The van der Waals surface area contributed by atoms with Crippen molar-refractivity contribution in [1.82, 2.24) is 4.98 Å². The summed E-state index contributed by atoms with van der Waals surface area (Å²) in [6.07, 6.45) is 1.60. The predicted octanol–water partition coefficient (Wildman–Crippen LogP) is 0.634. The van der Waals surface area contributed by atoms with E-state index >= 15 is 0 Å². The number of hydroxylamine groups is 1. The van der Waals surface area contributed by atoms with Crippen LogP contribution in [0, 0.1) is 0 Å². The summed E-state index contributed by atoms with van der Waals surface area (Å²) in [6.45, 7) is 2.60. The van der Waals surface area contributed by atoms with Crippen molar-refractivity contribution in [1.29, 1.82) is 0 Å². The Bertz CT molecular complexity index is 285. The number of pyridine rings is 1. The number of nitrogen functional groups attached to an aromatic ring is 2. The van der Waals surface area contributed by atoms with Gasteiger partial charge in [-0.15, -0.1) is 0 Å². The van der Waals surface area contributed by atoms with Crippen molar-refractivity contribution in [3.63, 3.8) is 0 Å². The van der Waals surface area contributed by atoms with Gasteiger partial charge in [0.05, 0.1) is 12.8 Å². The molecular weight excluding hydrogens is 168 g/mol. The summed E-state index contributed by atoms with van der Waals surface area (Å²) >= 11 is 0. The van der Waals surface area contributed by atoms with Crippen LogP contribution in [-0.4, -0.2) is 18.6 Å². The Morgan fingerprint density at radius 2 is 2.23 bits per heavy atom. The molecule has 4 N–H and O–H groups in total. The van der Waals surface area contributed by atoms with Crippen molar-refractivity contribution in [3.05, 3.63) is 12.3 Å². The first-order valence-electron chi connectivity index (χ1n) is 4.02. The lowest BCUT2D eigenvalue weighted by Crippen LogP contribution is -2.23. The Hall–Kier alpha value is -1.49. The van der Waals surface area contributed by atoms with Crippen LogP contribution in [0.1, 0.15) is 6.92 Å². The minimum Gasteiger partial charge on any atom is -0.397 e. The number of nitrogens with two attached hydrogens (primary N) is 2. The first-order chi connectivity index (χ1) is 6.20. The standard InChI is InChI=1S/C8H14N4O/c1-3-12(13-2)8-7(10)6(9)4-5-11-8/h4-5H,3,10H2,1-2H3,(H2,9,11). The van der Waals surface area contributed by atoms with E-state index in [9.17, 15) is 0 Å². The third-order valence-electron chi connectivity index (χ3n) is 1.75. The van der Waals surface area contributed by atoms with E-state index in [0.717, 1.165) is 0 Å². The van der Waals surface area contributed by atoms with Gasteiger partial charge in [0.1, 0.15) is 5.69 Å². The van der Waals surface area contributed by atoms with Gasteiger partial charge in [-0.1, -0.05) is 0 Å². The van der Waals surface area contributed by atoms with Crippen LogP contribution in [0.4, 0.5) is 17.2 Å². The second kappa shape index (κ2) is 3.95. The van der Waals surface area contributed by atoms with Crippen LogP contribution in [-0.2, 0) is 4.84 Å². The second-order valence-corrected chi connectivity index (χ2v) is 2.51. The molecule has 13 heavy (non-hydrogen) atoms. The maximum atomic E-state index is 5.73. The molecular formula is C8H14N4O. The van der Waals surface area contributed by atoms with Crippen LogP contribution in [0.15, 0.2) is 12.3 Å². The average molecular weight is 182 g/mol. The van der Waals surface area contributed by atoms with Gasteiger partial charge in [-0.2, -0.15) is 0 Å². The van der Waals surface area contributed by atoms with Gasteiger partial charge in [0.25, 0.3) is 0 Å². The molecule has 0 amide bonds. The molecule has 0 aliphatic carbocycles. The minimum atomic E-state index is 0.450. The Labute approximate surface area is 77.3 Å². The highest BCUT2D eigenvalue weighted by Crippen LogP contribution is 2.25. The SMILES string of the molecule is CCN(OC)c1nccc(N)c1N. The molecule has 1 aromatic rings. The molecule has 1 aromatic heterocycles. The minimum absolute atomic E-state index is 0.450. The lowest BCUT2D eigenvalue weighted by molar-refractivity contribution is 0.169. The molecule has 72 valence electrons. The van der Waals surface area contributed by atoms with Crippen LogP contribution in [0.25, 0.3) is 0 Å². The summed E-state index contributed by atoms with van der Waals surface area (Å²) in [5.41, 5.74) is 12.3. The van der Waals surface area contributed by atoms with Crippen LogP contribution < -0.4 is 16.5 Å². The quantitative estimate of drug-likeness (QED) is 0.670. The Morgan fingerprint density at radius 1 is 1.54 bits per heavy atom. The van der Waals surface area contributed by atoms with Crippen LogP contribution in [0.3, 0.4) is 0 Å². The third-order valence-corrected chi connectivity index (χ3v) is 1.75. The van der Waals surface area contributed by atoms with Crippen molar-refractivity contribution >= 4 is 17.2 Å². The molecule has 0 unspecified atom stereocenters. The molecule has 5 heteroatoms. The largest absolute Gasteiger partial charge is 0.397 e. The van der Waals surface area contributed by atoms with Crippen molar-refractivity contribution in [2.45, 2.75) is 6.92 Å². The summed E-state index contributed by atoms with van der Waals surface area (Å²) in [4.78, 5) is 9.13. The van der Waals surface area contributed by atoms with Crippen molar-refractivity contribution in [3.8, 4) is 0 Å². The van der Waals surface area contributed by atoms with Gasteiger partial charge in [-0.3, -0.25) is 4.84 Å². The molecule has 0 aliphatic rings. The number of hydrogen-bond donors (Lipinski definition) is 2. The zero-order chi connectivity index (χ0) is 9.84. The molecule has 0 atom stereocenters. The lowest BCUT2D eigenvalue weighted by Gasteiger charge is -2.20. The van der Waals surface area contributed by atoms with Gasteiger partial charge in [-0.05, 0) is 13.0 Å². The highest BCUT2D eigenvalue weighted by molar-refractivity contribution is 5.75. The zero-order valence-electron chi connectivity index (χ0n) is 7.82. The highest BCUT2D eigenvalue weighted by Gasteiger charge is 2.10. The Kier molecular flexibility index (Phi) is 2.92. The van der Waals surface area contributed by atoms with E-state index < -0.39 is 0 Å². The van der Waals surface area contributed by atoms with Gasteiger partial charge >= 0.3 is 0 Å². The maximum absolute atomic E-state index is 5.73. The normalized spacial score (nSPS) is 10.0. The number of aromatic nitrogens is 1. The number of anilines is 3. The van der Waals surface area contributed by atoms with Crippen molar-refractivity contribution in [2.24, 2.45) is 0 Å². The van der Waals surface area contributed by atoms with Crippen LogP contribution in [0.2, 0.25) is 0 Å². The molecule has 0 saturated heterocycles. The Balaban J connectivity index is 3.05. The first-order valence-corrected chi connectivity index (χ1v) is 4.02. The molecule has 1 heterocycles. The molecule has 0 aromatic carbocycles. The van der Waals surface area contributed by atoms with E-state index in [1.807, 2.05) is 6.92 Å². The van der Waals surface area contributed by atoms with E-state index in [-0.39, 0.29) is 0 Å². The van der Waals surface area contributed by atoms with Gasteiger partial charge < -0.3 is 11.5 Å². The van der Waals surface area contributed by atoms with Gasteiger partial charge in [0, 0.05) is 12.7 Å². The van der Waals surface area contributed by atoms with Gasteiger partial charge in [0.2, 0.25) is 0 Å². The summed E-state index contributed by atoms with van der Waals surface area (Å²) in [6, 6.07) is 1.66. The first kappa shape index (κ1) is 9.60. The van der Waals surface area contributed by atoms with Crippen LogP contribution >= 0.6 is 0 Å². The monoisotopic (exact) mass is 182 g/mol.